The molecule has 2 nitrogen and oxygen atoms in total. The van der Waals surface area contributed by atoms with Crippen molar-refractivity contribution in [2.75, 3.05) is 24.5 Å². The summed E-state index contributed by atoms with van der Waals surface area (Å²) in [7, 11) is 0. The van der Waals surface area contributed by atoms with Crippen LogP contribution in [0.1, 0.15) is 31.2 Å². The van der Waals surface area contributed by atoms with E-state index in [2.05, 4.69) is 39.0 Å². The standard InChI is InChI=1S/C14H21BrN2/c15-14-11-13(6-5-12(14)7-8-16)17-9-3-1-2-4-10-17/h5-6,11H,1-4,7-10,16H2. The van der Waals surface area contributed by atoms with Gasteiger partial charge in [0.05, 0.1) is 0 Å². The molecular formula is C14H21BrN2. The lowest BCUT2D eigenvalue weighted by molar-refractivity contribution is 0.726. The topological polar surface area (TPSA) is 29.3 Å². The van der Waals surface area contributed by atoms with Crippen molar-refractivity contribution in [3.63, 3.8) is 0 Å². The van der Waals surface area contributed by atoms with Gasteiger partial charge in [-0.25, -0.2) is 0 Å². The molecule has 2 N–H and O–H groups in total. The lowest BCUT2D eigenvalue weighted by Gasteiger charge is -2.23. The highest BCUT2D eigenvalue weighted by Gasteiger charge is 2.11. The Morgan fingerprint density at radius 1 is 1.12 bits per heavy atom. The Morgan fingerprint density at radius 2 is 1.82 bits per heavy atom. The zero-order valence-electron chi connectivity index (χ0n) is 10.3. The first-order chi connectivity index (χ1) is 8.31. The van der Waals surface area contributed by atoms with Crippen LogP contribution in [0, 0.1) is 0 Å². The Labute approximate surface area is 112 Å². The van der Waals surface area contributed by atoms with Gasteiger partial charge in [-0.1, -0.05) is 34.8 Å². The number of benzene rings is 1. The van der Waals surface area contributed by atoms with Crippen molar-refractivity contribution in [3.05, 3.63) is 28.2 Å². The molecule has 0 bridgehead atoms. The van der Waals surface area contributed by atoms with E-state index >= 15 is 0 Å². The molecule has 0 aliphatic carbocycles. The fourth-order valence-electron chi connectivity index (χ4n) is 2.42. The van der Waals surface area contributed by atoms with Gasteiger partial charge in [0, 0.05) is 23.2 Å². The summed E-state index contributed by atoms with van der Waals surface area (Å²) < 4.78 is 1.20. The fraction of sp³-hybridized carbons (Fsp3) is 0.571. The van der Waals surface area contributed by atoms with Gasteiger partial charge in [-0.15, -0.1) is 0 Å². The summed E-state index contributed by atoms with van der Waals surface area (Å²) in [6.45, 7) is 3.10. The molecule has 3 heteroatoms. The summed E-state index contributed by atoms with van der Waals surface area (Å²) in [5.74, 6) is 0. The predicted molar refractivity (Wildman–Crippen MR) is 77.6 cm³/mol. The highest BCUT2D eigenvalue weighted by atomic mass is 79.9. The van der Waals surface area contributed by atoms with Crippen molar-refractivity contribution >= 4 is 21.6 Å². The molecule has 1 aliphatic heterocycles. The molecule has 0 atom stereocenters. The minimum Gasteiger partial charge on any atom is -0.372 e. The maximum atomic E-state index is 5.60. The smallest absolute Gasteiger partial charge is 0.0377 e. The predicted octanol–water partition coefficient (Wildman–Crippen LogP) is 3.33. The molecule has 0 amide bonds. The van der Waals surface area contributed by atoms with Gasteiger partial charge >= 0.3 is 0 Å². The van der Waals surface area contributed by atoms with Crippen LogP contribution in [-0.4, -0.2) is 19.6 Å². The fourth-order valence-corrected chi connectivity index (χ4v) is 2.99. The molecule has 0 spiro atoms. The highest BCUT2D eigenvalue weighted by Crippen LogP contribution is 2.26. The van der Waals surface area contributed by atoms with E-state index in [1.165, 1.54) is 54.5 Å². The summed E-state index contributed by atoms with van der Waals surface area (Å²) in [6.07, 6.45) is 6.34. The number of hydrogen-bond donors (Lipinski definition) is 1. The van der Waals surface area contributed by atoms with E-state index in [1.807, 2.05) is 0 Å². The summed E-state index contributed by atoms with van der Waals surface area (Å²) >= 11 is 3.65. The number of anilines is 1. The Hall–Kier alpha value is -0.540. The maximum Gasteiger partial charge on any atom is 0.0377 e. The van der Waals surface area contributed by atoms with E-state index in [1.54, 1.807) is 0 Å². The van der Waals surface area contributed by atoms with Gasteiger partial charge in [-0.05, 0) is 43.5 Å². The van der Waals surface area contributed by atoms with E-state index in [0.29, 0.717) is 6.54 Å². The van der Waals surface area contributed by atoms with Crippen LogP contribution in [-0.2, 0) is 6.42 Å². The minimum absolute atomic E-state index is 0.710. The number of hydrogen-bond acceptors (Lipinski definition) is 2. The third-order valence-electron chi connectivity index (χ3n) is 3.42. The molecule has 1 aromatic carbocycles. The van der Waals surface area contributed by atoms with Crippen LogP contribution in [0.4, 0.5) is 5.69 Å². The molecule has 1 saturated heterocycles. The Bertz CT molecular complexity index is 357. The maximum absolute atomic E-state index is 5.60. The third-order valence-corrected chi connectivity index (χ3v) is 4.16. The zero-order chi connectivity index (χ0) is 12.1. The molecule has 1 fully saturated rings. The first kappa shape index (κ1) is 12.9. The van der Waals surface area contributed by atoms with Crippen molar-refractivity contribution in [2.24, 2.45) is 5.73 Å². The summed E-state index contributed by atoms with van der Waals surface area (Å²) in [4.78, 5) is 2.50. The Morgan fingerprint density at radius 3 is 2.41 bits per heavy atom. The molecule has 1 heterocycles. The summed E-state index contributed by atoms with van der Waals surface area (Å²) in [5, 5.41) is 0. The second-order valence-electron chi connectivity index (χ2n) is 4.72. The van der Waals surface area contributed by atoms with Crippen molar-refractivity contribution in [3.8, 4) is 0 Å². The van der Waals surface area contributed by atoms with Crippen molar-refractivity contribution in [2.45, 2.75) is 32.1 Å². The monoisotopic (exact) mass is 296 g/mol. The molecule has 0 aromatic heterocycles. The molecule has 94 valence electrons. The van der Waals surface area contributed by atoms with E-state index in [4.69, 9.17) is 5.73 Å². The molecular weight excluding hydrogens is 276 g/mol. The van der Waals surface area contributed by atoms with E-state index in [9.17, 15) is 0 Å². The van der Waals surface area contributed by atoms with Crippen LogP contribution in [0.25, 0.3) is 0 Å². The van der Waals surface area contributed by atoms with E-state index < -0.39 is 0 Å². The highest BCUT2D eigenvalue weighted by molar-refractivity contribution is 9.10. The molecule has 1 aromatic rings. The van der Waals surface area contributed by atoms with Crippen LogP contribution >= 0.6 is 15.9 Å². The molecule has 2 rings (SSSR count). The second kappa shape index (κ2) is 6.41. The van der Waals surface area contributed by atoms with Crippen LogP contribution in [0.15, 0.2) is 22.7 Å². The van der Waals surface area contributed by atoms with Crippen LogP contribution in [0.2, 0.25) is 0 Å². The quantitative estimate of drug-likeness (QED) is 0.927. The number of nitrogens with two attached hydrogens (primary N) is 1. The molecule has 17 heavy (non-hydrogen) atoms. The molecule has 0 radical (unpaired) electrons. The Balaban J connectivity index is 2.12. The number of halogens is 1. The van der Waals surface area contributed by atoms with Gasteiger partial charge in [0.1, 0.15) is 0 Å². The van der Waals surface area contributed by atoms with E-state index in [0.717, 1.165) is 6.42 Å². The van der Waals surface area contributed by atoms with Gasteiger partial charge in [-0.3, -0.25) is 0 Å². The van der Waals surface area contributed by atoms with Crippen LogP contribution in [0.3, 0.4) is 0 Å². The SMILES string of the molecule is NCCc1ccc(N2CCCCCC2)cc1Br. The summed E-state index contributed by atoms with van der Waals surface area (Å²) in [6, 6.07) is 6.69. The molecule has 1 aliphatic rings. The third kappa shape index (κ3) is 3.46. The van der Waals surface area contributed by atoms with Gasteiger partial charge in [0.15, 0.2) is 0 Å². The number of nitrogens with zero attached hydrogens (tertiary/aromatic N) is 1. The normalized spacial score (nSPS) is 16.9. The van der Waals surface area contributed by atoms with Gasteiger partial charge in [0.25, 0.3) is 0 Å². The minimum atomic E-state index is 0.710. The molecule has 0 saturated carbocycles. The van der Waals surface area contributed by atoms with Crippen molar-refractivity contribution < 1.29 is 0 Å². The number of rotatable bonds is 3. The van der Waals surface area contributed by atoms with Gasteiger partial charge in [-0.2, -0.15) is 0 Å². The largest absolute Gasteiger partial charge is 0.372 e. The first-order valence-electron chi connectivity index (χ1n) is 6.54. The summed E-state index contributed by atoms with van der Waals surface area (Å²) in [5.41, 5.74) is 8.26. The lowest BCUT2D eigenvalue weighted by Crippen LogP contribution is -2.23. The average Bonchev–Trinajstić information content (AvgIpc) is 2.60. The molecule has 0 unspecified atom stereocenters. The van der Waals surface area contributed by atoms with Crippen LogP contribution < -0.4 is 10.6 Å². The lowest BCUT2D eigenvalue weighted by atomic mass is 10.1. The second-order valence-corrected chi connectivity index (χ2v) is 5.57. The van der Waals surface area contributed by atoms with Gasteiger partial charge in [0.2, 0.25) is 0 Å². The van der Waals surface area contributed by atoms with E-state index in [-0.39, 0.29) is 0 Å². The van der Waals surface area contributed by atoms with Crippen molar-refractivity contribution in [1.82, 2.24) is 0 Å². The van der Waals surface area contributed by atoms with Crippen molar-refractivity contribution in [1.29, 1.82) is 0 Å². The van der Waals surface area contributed by atoms with Gasteiger partial charge < -0.3 is 10.6 Å². The van der Waals surface area contributed by atoms with Crippen LogP contribution in [0.5, 0.6) is 0 Å². The zero-order valence-corrected chi connectivity index (χ0v) is 11.9. The average molecular weight is 297 g/mol. The Kier molecular flexibility index (Phi) is 4.86. The first-order valence-corrected chi connectivity index (χ1v) is 7.34.